The molecule has 0 aliphatic rings. The van der Waals surface area contributed by atoms with Crippen molar-refractivity contribution in [2.24, 2.45) is 0 Å². The van der Waals surface area contributed by atoms with Crippen molar-refractivity contribution in [3.05, 3.63) is 42.9 Å². The van der Waals surface area contributed by atoms with Crippen molar-refractivity contribution >= 4 is 23.1 Å². The Kier molecular flexibility index (Phi) is 6.62. The minimum Gasteiger partial charge on any atom is -0.497 e. The van der Waals surface area contributed by atoms with Crippen molar-refractivity contribution in [2.45, 2.75) is 19.4 Å². The first-order chi connectivity index (χ1) is 12.0. The predicted octanol–water partition coefficient (Wildman–Crippen LogP) is 2.77. The number of benzene rings is 1. The predicted molar refractivity (Wildman–Crippen MR) is 96.1 cm³/mol. The monoisotopic (exact) mass is 345 g/mol. The highest BCUT2D eigenvalue weighted by molar-refractivity contribution is 5.81. The number of oxazole rings is 1. The summed E-state index contributed by atoms with van der Waals surface area (Å²) in [6.07, 6.45) is 6.68. The summed E-state index contributed by atoms with van der Waals surface area (Å²) < 4.78 is 18.4. The second-order valence-corrected chi connectivity index (χ2v) is 5.78. The summed E-state index contributed by atoms with van der Waals surface area (Å²) in [5.74, 6) is 1.14. The van der Waals surface area contributed by atoms with Crippen molar-refractivity contribution in [3.63, 3.8) is 0 Å². The van der Waals surface area contributed by atoms with Crippen LogP contribution in [-0.2, 0) is 16.1 Å². The Morgan fingerprint density at radius 2 is 2.16 bits per heavy atom. The molecule has 0 aliphatic carbocycles. The van der Waals surface area contributed by atoms with Crippen LogP contribution in [0.4, 0.5) is 0 Å². The van der Waals surface area contributed by atoms with E-state index in [1.165, 1.54) is 6.08 Å². The van der Waals surface area contributed by atoms with Gasteiger partial charge < -0.3 is 18.8 Å². The maximum Gasteiger partial charge on any atom is 0.375 e. The lowest BCUT2D eigenvalue weighted by Gasteiger charge is -2.02. The number of aryl methyl sites for hydroxylation is 1. The summed E-state index contributed by atoms with van der Waals surface area (Å²) in [6, 6.07) is 5.78. The molecule has 6 heteroatoms. The lowest BCUT2D eigenvalue weighted by Crippen LogP contribution is -2.35. The summed E-state index contributed by atoms with van der Waals surface area (Å²) in [5.41, 5.74) is 1.78. The van der Waals surface area contributed by atoms with Crippen LogP contribution in [0.3, 0.4) is 0 Å². The molecule has 0 bridgehead atoms. The molecule has 2 aromatic rings. The molecule has 1 aromatic heterocycles. The first-order valence-electron chi connectivity index (χ1n) is 8.19. The Bertz CT molecular complexity index is 762. The molecule has 1 aromatic carbocycles. The highest BCUT2D eigenvalue weighted by atomic mass is 16.5. The number of hydrogen-bond acceptors (Lipinski definition) is 5. The number of unbranched alkanes of at least 4 members (excludes halogenated alkanes) is 1. The van der Waals surface area contributed by atoms with Crippen LogP contribution in [0.5, 0.6) is 5.75 Å². The third-order valence-electron chi connectivity index (χ3n) is 3.64. The summed E-state index contributed by atoms with van der Waals surface area (Å²) in [7, 11) is 5.55. The Morgan fingerprint density at radius 1 is 1.36 bits per heavy atom. The van der Waals surface area contributed by atoms with Gasteiger partial charge >= 0.3 is 11.9 Å². The van der Waals surface area contributed by atoms with Gasteiger partial charge in [0.15, 0.2) is 6.54 Å². The highest BCUT2D eigenvalue weighted by Gasteiger charge is 2.21. The number of hydrogen-bond donors (Lipinski definition) is 0. The molecule has 134 valence electrons. The van der Waals surface area contributed by atoms with Gasteiger partial charge in [0.25, 0.3) is 5.52 Å². The number of carbonyl (C=O) groups excluding carboxylic acids is 1. The number of esters is 1. The lowest BCUT2D eigenvalue weighted by molar-refractivity contribution is -0.678. The minimum atomic E-state index is -0.386. The number of rotatable bonds is 9. The molecule has 0 saturated carbocycles. The zero-order chi connectivity index (χ0) is 18.2. The van der Waals surface area contributed by atoms with Gasteiger partial charge in [-0.1, -0.05) is 6.58 Å². The molecule has 0 spiro atoms. The zero-order valence-electron chi connectivity index (χ0n) is 15.0. The fourth-order valence-corrected chi connectivity index (χ4v) is 2.38. The van der Waals surface area contributed by atoms with Crippen LogP contribution in [0.1, 0.15) is 18.7 Å². The second kappa shape index (κ2) is 8.92. The van der Waals surface area contributed by atoms with E-state index in [2.05, 4.69) is 11.1 Å². The molecular formula is C19H25N2O4+. The molecule has 2 rings (SSSR count). The number of carbonyl (C=O) groups is 1. The Balaban J connectivity index is 2.15. The van der Waals surface area contributed by atoms with Crippen LogP contribution >= 0.6 is 0 Å². The summed E-state index contributed by atoms with van der Waals surface area (Å²) in [6.45, 7) is 4.53. The molecule has 1 heterocycles. The van der Waals surface area contributed by atoms with E-state index >= 15 is 0 Å². The van der Waals surface area contributed by atoms with E-state index in [-0.39, 0.29) is 5.97 Å². The minimum absolute atomic E-state index is 0.386. The molecule has 0 amide bonds. The number of fused-ring (bicyclic) bond motifs is 1. The van der Waals surface area contributed by atoms with Crippen molar-refractivity contribution in [1.29, 1.82) is 0 Å². The van der Waals surface area contributed by atoms with E-state index in [0.717, 1.165) is 42.1 Å². The number of aromatic nitrogens is 1. The fourth-order valence-electron chi connectivity index (χ4n) is 2.38. The first kappa shape index (κ1) is 18.6. The van der Waals surface area contributed by atoms with Gasteiger partial charge in [-0.15, -0.1) is 0 Å². The van der Waals surface area contributed by atoms with Crippen LogP contribution in [-0.4, -0.2) is 38.7 Å². The first-order valence-corrected chi connectivity index (χ1v) is 8.19. The van der Waals surface area contributed by atoms with Crippen molar-refractivity contribution < 1.29 is 23.3 Å². The van der Waals surface area contributed by atoms with Gasteiger partial charge in [0.1, 0.15) is 5.75 Å². The SMILES string of the molecule is C=CC(=O)OCCCC[n+]1c(C=CN(C)C)oc2cc(OC)ccc21. The molecule has 0 N–H and O–H groups in total. The highest BCUT2D eigenvalue weighted by Crippen LogP contribution is 2.21. The van der Waals surface area contributed by atoms with Crippen molar-refractivity contribution in [2.75, 3.05) is 27.8 Å². The summed E-state index contributed by atoms with van der Waals surface area (Å²) in [4.78, 5) is 13.0. The van der Waals surface area contributed by atoms with Crippen LogP contribution in [0.25, 0.3) is 17.2 Å². The molecule has 0 unspecified atom stereocenters. The Morgan fingerprint density at radius 3 is 2.84 bits per heavy atom. The van der Waals surface area contributed by atoms with Crippen LogP contribution in [0.2, 0.25) is 0 Å². The maximum atomic E-state index is 11.1. The lowest BCUT2D eigenvalue weighted by atomic mass is 10.2. The molecule has 0 aliphatic heterocycles. The topological polar surface area (TPSA) is 55.8 Å². The molecule has 25 heavy (non-hydrogen) atoms. The number of ether oxygens (including phenoxy) is 2. The van der Waals surface area contributed by atoms with E-state index in [4.69, 9.17) is 13.9 Å². The van der Waals surface area contributed by atoms with E-state index in [1.54, 1.807) is 7.11 Å². The van der Waals surface area contributed by atoms with Gasteiger partial charge in [-0.3, -0.25) is 0 Å². The Labute approximate surface area is 147 Å². The average Bonchev–Trinajstić information content (AvgIpc) is 2.96. The smallest absolute Gasteiger partial charge is 0.375 e. The zero-order valence-corrected chi connectivity index (χ0v) is 15.0. The summed E-state index contributed by atoms with van der Waals surface area (Å²) in [5, 5.41) is 0. The molecule has 0 saturated heterocycles. The second-order valence-electron chi connectivity index (χ2n) is 5.78. The normalized spacial score (nSPS) is 11.0. The standard InChI is InChI=1S/C19H25N2O4/c1-5-19(22)24-13-7-6-11-21-16-9-8-15(23-4)14-17(16)25-18(21)10-12-20(2)3/h5,8-10,12,14H,1,6-7,11,13H2,2-4H3/q+1. The van der Waals surface area contributed by atoms with Gasteiger partial charge in [0.05, 0.1) is 19.8 Å². The average molecular weight is 345 g/mol. The third kappa shape index (κ3) is 5.11. The Hall–Kier alpha value is -2.76. The van der Waals surface area contributed by atoms with Crippen molar-refractivity contribution in [3.8, 4) is 5.75 Å². The van der Waals surface area contributed by atoms with Gasteiger partial charge in [-0.2, -0.15) is 4.57 Å². The van der Waals surface area contributed by atoms with Crippen LogP contribution < -0.4 is 9.30 Å². The quantitative estimate of drug-likeness (QED) is 0.303. The maximum absolute atomic E-state index is 11.1. The molecule has 6 nitrogen and oxygen atoms in total. The molecule has 0 radical (unpaired) electrons. The van der Waals surface area contributed by atoms with Crippen LogP contribution in [0.15, 0.2) is 41.5 Å². The largest absolute Gasteiger partial charge is 0.497 e. The van der Waals surface area contributed by atoms with Gasteiger partial charge in [-0.05, 0) is 12.5 Å². The van der Waals surface area contributed by atoms with Gasteiger partial charge in [0, 0.05) is 44.9 Å². The molecular weight excluding hydrogens is 320 g/mol. The fraction of sp³-hybridized carbons (Fsp3) is 0.368. The number of nitrogens with zero attached hydrogens (tertiary/aromatic N) is 2. The summed E-state index contributed by atoms with van der Waals surface area (Å²) >= 11 is 0. The van der Waals surface area contributed by atoms with Crippen LogP contribution in [0, 0.1) is 0 Å². The van der Waals surface area contributed by atoms with Gasteiger partial charge in [-0.25, -0.2) is 4.79 Å². The van der Waals surface area contributed by atoms with E-state index in [1.807, 2.05) is 49.5 Å². The molecule has 0 atom stereocenters. The molecule has 0 fully saturated rings. The number of methoxy groups -OCH3 is 1. The van der Waals surface area contributed by atoms with Gasteiger partial charge in [0.2, 0.25) is 5.58 Å². The van der Waals surface area contributed by atoms with Crippen molar-refractivity contribution in [1.82, 2.24) is 4.90 Å². The van der Waals surface area contributed by atoms with E-state index < -0.39 is 0 Å². The van der Waals surface area contributed by atoms with E-state index in [0.29, 0.717) is 6.61 Å². The third-order valence-corrected chi connectivity index (χ3v) is 3.64. The van der Waals surface area contributed by atoms with E-state index in [9.17, 15) is 4.79 Å².